The number of sulfonamides is 1. The zero-order valence-corrected chi connectivity index (χ0v) is 29.7. The molecule has 1 fully saturated rings. The van der Waals surface area contributed by atoms with Gasteiger partial charge >= 0.3 is 0 Å². The van der Waals surface area contributed by atoms with E-state index in [1.165, 1.54) is 29.2 Å². The molecule has 252 valence electrons. The van der Waals surface area contributed by atoms with Crippen molar-refractivity contribution in [1.82, 2.24) is 10.2 Å². The summed E-state index contributed by atoms with van der Waals surface area (Å²) in [4.78, 5) is 30.3. The van der Waals surface area contributed by atoms with Gasteiger partial charge in [-0.25, -0.2) is 8.42 Å². The highest BCUT2D eigenvalue weighted by molar-refractivity contribution is 7.92. The molecule has 0 unspecified atom stereocenters. The number of aryl methyl sites for hydroxylation is 1. The Morgan fingerprint density at radius 2 is 1.48 bits per heavy atom. The number of rotatable bonds is 12. The lowest BCUT2D eigenvalue weighted by Gasteiger charge is -2.35. The minimum absolute atomic E-state index is 0.000732. The fourth-order valence-electron chi connectivity index (χ4n) is 5.91. The SMILES string of the molecule is Cc1ccc(N(CC(=O)N(Cc2ccc(Cl)c(Cl)c2)[C@@H](Cc2ccccc2)C(=O)NC2CCCCC2)S(=O)(=O)c2ccc(Cl)cc2)cc1. The number of carbonyl (C=O) groups is 2. The summed E-state index contributed by atoms with van der Waals surface area (Å²) in [6, 6.07) is 26.3. The lowest BCUT2D eigenvalue weighted by molar-refractivity contribution is -0.140. The minimum Gasteiger partial charge on any atom is -0.352 e. The zero-order chi connectivity index (χ0) is 34.3. The molecule has 4 aromatic carbocycles. The molecule has 1 aliphatic carbocycles. The van der Waals surface area contributed by atoms with Crippen molar-refractivity contribution >= 4 is 62.3 Å². The summed E-state index contributed by atoms with van der Waals surface area (Å²) in [5.41, 5.74) is 2.74. The van der Waals surface area contributed by atoms with Crippen LogP contribution in [0.1, 0.15) is 48.8 Å². The van der Waals surface area contributed by atoms with E-state index in [0.717, 1.165) is 47.5 Å². The molecule has 1 atom stereocenters. The number of carbonyl (C=O) groups excluding carboxylic acids is 2. The first-order valence-electron chi connectivity index (χ1n) is 15.9. The van der Waals surface area contributed by atoms with E-state index in [2.05, 4.69) is 5.32 Å². The van der Waals surface area contributed by atoms with Crippen molar-refractivity contribution in [2.45, 2.75) is 69.0 Å². The van der Waals surface area contributed by atoms with E-state index < -0.39 is 28.5 Å². The van der Waals surface area contributed by atoms with Crippen LogP contribution in [0.5, 0.6) is 0 Å². The van der Waals surface area contributed by atoms with Gasteiger partial charge in [0.2, 0.25) is 11.8 Å². The second-order valence-electron chi connectivity index (χ2n) is 12.1. The van der Waals surface area contributed by atoms with Crippen LogP contribution in [0.4, 0.5) is 5.69 Å². The van der Waals surface area contributed by atoms with Gasteiger partial charge < -0.3 is 10.2 Å². The van der Waals surface area contributed by atoms with Crippen LogP contribution in [0.3, 0.4) is 0 Å². The number of anilines is 1. The number of amides is 2. The maximum absolute atomic E-state index is 14.7. The number of nitrogens with zero attached hydrogens (tertiary/aromatic N) is 2. The number of halogens is 3. The summed E-state index contributed by atoms with van der Waals surface area (Å²) in [5.74, 6) is -0.847. The van der Waals surface area contributed by atoms with Gasteiger partial charge in [0, 0.05) is 24.0 Å². The van der Waals surface area contributed by atoms with Crippen LogP contribution in [-0.4, -0.2) is 43.8 Å². The molecule has 1 aliphatic rings. The first-order chi connectivity index (χ1) is 23.0. The van der Waals surface area contributed by atoms with Crippen molar-refractivity contribution in [2.75, 3.05) is 10.8 Å². The molecule has 0 bridgehead atoms. The molecular weight excluding hydrogens is 689 g/mol. The average Bonchev–Trinajstić information content (AvgIpc) is 3.08. The van der Waals surface area contributed by atoms with Gasteiger partial charge in [0.25, 0.3) is 10.0 Å². The largest absolute Gasteiger partial charge is 0.352 e. The molecule has 48 heavy (non-hydrogen) atoms. The maximum Gasteiger partial charge on any atom is 0.264 e. The van der Waals surface area contributed by atoms with Gasteiger partial charge in [-0.05, 0) is 79.4 Å². The van der Waals surface area contributed by atoms with Crippen LogP contribution >= 0.6 is 34.8 Å². The van der Waals surface area contributed by atoms with Crippen LogP contribution < -0.4 is 9.62 Å². The second kappa shape index (κ2) is 16.2. The molecule has 0 heterocycles. The van der Waals surface area contributed by atoms with E-state index in [4.69, 9.17) is 34.8 Å². The first-order valence-corrected chi connectivity index (χ1v) is 18.5. The molecule has 1 saturated carbocycles. The molecule has 5 rings (SSSR count). The summed E-state index contributed by atoms with van der Waals surface area (Å²) in [7, 11) is -4.24. The van der Waals surface area contributed by atoms with Crippen molar-refractivity contribution in [3.8, 4) is 0 Å². The molecule has 1 N–H and O–H groups in total. The monoisotopic (exact) mass is 725 g/mol. The number of hydrogen-bond donors (Lipinski definition) is 1. The van der Waals surface area contributed by atoms with Crippen LogP contribution in [-0.2, 0) is 32.6 Å². The summed E-state index contributed by atoms with van der Waals surface area (Å²) >= 11 is 18.7. The van der Waals surface area contributed by atoms with E-state index in [-0.39, 0.29) is 29.8 Å². The van der Waals surface area contributed by atoms with E-state index in [1.807, 2.05) is 37.3 Å². The molecule has 0 spiro atoms. The summed E-state index contributed by atoms with van der Waals surface area (Å²) < 4.78 is 29.5. The van der Waals surface area contributed by atoms with Crippen molar-refractivity contribution in [1.29, 1.82) is 0 Å². The molecular formula is C37H38Cl3N3O4S. The van der Waals surface area contributed by atoms with Gasteiger partial charge in [0.15, 0.2) is 0 Å². The summed E-state index contributed by atoms with van der Waals surface area (Å²) in [6.07, 6.45) is 5.12. The van der Waals surface area contributed by atoms with Crippen LogP contribution in [0, 0.1) is 6.92 Å². The Bertz CT molecular complexity index is 1820. The topological polar surface area (TPSA) is 86.8 Å². The van der Waals surface area contributed by atoms with Crippen molar-refractivity contribution in [2.24, 2.45) is 0 Å². The quantitative estimate of drug-likeness (QED) is 0.159. The molecule has 0 aliphatic heterocycles. The Morgan fingerprint density at radius 1 is 0.812 bits per heavy atom. The highest BCUT2D eigenvalue weighted by Gasteiger charge is 2.35. The van der Waals surface area contributed by atoms with Crippen LogP contribution in [0.2, 0.25) is 15.1 Å². The van der Waals surface area contributed by atoms with Crippen LogP contribution in [0.25, 0.3) is 0 Å². The van der Waals surface area contributed by atoms with Gasteiger partial charge in [-0.2, -0.15) is 0 Å². The third-order valence-corrected chi connectivity index (χ3v) is 11.3. The minimum atomic E-state index is -4.24. The summed E-state index contributed by atoms with van der Waals surface area (Å²) in [6.45, 7) is 1.33. The third kappa shape index (κ3) is 9.11. The van der Waals surface area contributed by atoms with Gasteiger partial charge in [0.05, 0.1) is 20.6 Å². The Morgan fingerprint density at radius 3 is 2.12 bits per heavy atom. The fourth-order valence-corrected chi connectivity index (χ4v) is 7.77. The van der Waals surface area contributed by atoms with Gasteiger partial charge in [0.1, 0.15) is 12.6 Å². The highest BCUT2D eigenvalue weighted by atomic mass is 35.5. The number of nitrogens with one attached hydrogen (secondary N) is 1. The van der Waals surface area contributed by atoms with E-state index >= 15 is 0 Å². The Balaban J connectivity index is 1.57. The molecule has 0 saturated heterocycles. The maximum atomic E-state index is 14.7. The molecule has 4 aromatic rings. The highest BCUT2D eigenvalue weighted by Crippen LogP contribution is 2.28. The number of hydrogen-bond acceptors (Lipinski definition) is 4. The molecule has 7 nitrogen and oxygen atoms in total. The molecule has 0 aromatic heterocycles. The molecule has 2 amide bonds. The Kier molecular flexibility index (Phi) is 12.1. The lowest BCUT2D eigenvalue weighted by Crippen LogP contribution is -2.55. The zero-order valence-electron chi connectivity index (χ0n) is 26.6. The lowest BCUT2D eigenvalue weighted by atomic mass is 9.94. The first kappa shape index (κ1) is 35.7. The third-order valence-electron chi connectivity index (χ3n) is 8.56. The molecule has 0 radical (unpaired) electrons. The smallest absolute Gasteiger partial charge is 0.264 e. The fraction of sp³-hybridized carbons (Fsp3) is 0.297. The molecule has 11 heteroatoms. The Labute approximate surface area is 297 Å². The van der Waals surface area contributed by atoms with Crippen molar-refractivity contribution in [3.05, 3.63) is 129 Å². The predicted octanol–water partition coefficient (Wildman–Crippen LogP) is 8.24. The standard InChI is InChI=1S/C37H38Cl3N3O4S/c1-26-12-17-31(18-13-26)43(48(46,47)32-19-15-29(38)16-20-32)25-36(44)42(24-28-14-21-33(39)34(40)22-28)35(23-27-8-4-2-5-9-27)37(45)41-30-10-6-3-7-11-30/h2,4-5,8-9,12-22,30,35H,3,6-7,10-11,23-25H2,1H3,(H,41,45)/t35-/m0/s1. The van der Waals surface area contributed by atoms with Gasteiger partial charge in [-0.1, -0.05) is 108 Å². The van der Waals surface area contributed by atoms with E-state index in [9.17, 15) is 18.0 Å². The number of benzene rings is 4. The van der Waals surface area contributed by atoms with Gasteiger partial charge in [-0.15, -0.1) is 0 Å². The Hall–Kier alpha value is -3.56. The van der Waals surface area contributed by atoms with Gasteiger partial charge in [-0.3, -0.25) is 13.9 Å². The predicted molar refractivity (Wildman–Crippen MR) is 193 cm³/mol. The average molecular weight is 727 g/mol. The van der Waals surface area contributed by atoms with E-state index in [0.29, 0.717) is 26.3 Å². The normalized spacial score (nSPS) is 14.2. The summed E-state index contributed by atoms with van der Waals surface area (Å²) in [5, 5.41) is 4.25. The van der Waals surface area contributed by atoms with Crippen molar-refractivity contribution < 1.29 is 18.0 Å². The van der Waals surface area contributed by atoms with Crippen LogP contribution in [0.15, 0.2) is 102 Å². The second-order valence-corrected chi connectivity index (χ2v) is 15.2. The van der Waals surface area contributed by atoms with Crippen molar-refractivity contribution in [3.63, 3.8) is 0 Å². The van der Waals surface area contributed by atoms with E-state index in [1.54, 1.807) is 42.5 Å².